The van der Waals surface area contributed by atoms with Crippen molar-refractivity contribution in [2.75, 3.05) is 6.61 Å². The zero-order chi connectivity index (χ0) is 15.5. The molecular weight excluding hydrogens is 268 g/mol. The van der Waals surface area contributed by atoms with Crippen LogP contribution in [0.1, 0.15) is 77.6 Å². The smallest absolute Gasteiger partial charge is 0.309 e. The molecule has 4 heteroatoms. The van der Waals surface area contributed by atoms with E-state index in [1.54, 1.807) is 0 Å². The second-order valence-electron chi connectivity index (χ2n) is 6.33. The number of rotatable bonds is 12. The van der Waals surface area contributed by atoms with Crippen molar-refractivity contribution < 1.29 is 19.7 Å². The van der Waals surface area contributed by atoms with Crippen molar-refractivity contribution in [2.24, 2.45) is 5.92 Å². The molecule has 2 N–H and O–H groups in total. The Hall–Kier alpha value is -0.610. The Morgan fingerprint density at radius 2 is 1.76 bits per heavy atom. The topological polar surface area (TPSA) is 66.8 Å². The summed E-state index contributed by atoms with van der Waals surface area (Å²) in [6, 6.07) is 0. The third kappa shape index (κ3) is 7.82. The van der Waals surface area contributed by atoms with Gasteiger partial charge < -0.3 is 14.9 Å². The molecule has 1 fully saturated rings. The third-order valence-corrected chi connectivity index (χ3v) is 4.31. The van der Waals surface area contributed by atoms with Gasteiger partial charge in [0.1, 0.15) is 6.10 Å². The van der Waals surface area contributed by atoms with Gasteiger partial charge >= 0.3 is 5.97 Å². The van der Waals surface area contributed by atoms with E-state index in [1.165, 1.54) is 44.9 Å². The van der Waals surface area contributed by atoms with Crippen LogP contribution >= 0.6 is 0 Å². The van der Waals surface area contributed by atoms with E-state index in [0.717, 1.165) is 12.8 Å². The predicted molar refractivity (Wildman–Crippen MR) is 82.9 cm³/mol. The van der Waals surface area contributed by atoms with Gasteiger partial charge in [0.15, 0.2) is 0 Å². The van der Waals surface area contributed by atoms with Crippen LogP contribution in [0, 0.1) is 5.92 Å². The van der Waals surface area contributed by atoms with Crippen LogP contribution in [0.2, 0.25) is 0 Å². The minimum absolute atomic E-state index is 0.0217. The number of hydrogen-bond donors (Lipinski definition) is 2. The number of hydrogen-bond acceptors (Lipinski definition) is 4. The number of ether oxygens (including phenoxy) is 1. The summed E-state index contributed by atoms with van der Waals surface area (Å²) in [5.41, 5.74) is 0. The first-order valence-electron chi connectivity index (χ1n) is 8.66. The van der Waals surface area contributed by atoms with Crippen LogP contribution in [0.5, 0.6) is 0 Å². The molecule has 0 aromatic heterocycles. The van der Waals surface area contributed by atoms with Gasteiger partial charge in [-0.2, -0.15) is 0 Å². The molecule has 1 aliphatic heterocycles. The number of aliphatic hydroxyl groups excluding tert-OH is 2. The second kappa shape index (κ2) is 11.0. The Labute approximate surface area is 128 Å². The van der Waals surface area contributed by atoms with Gasteiger partial charge in [-0.3, -0.25) is 4.79 Å². The molecule has 0 amide bonds. The van der Waals surface area contributed by atoms with Crippen LogP contribution in [0.3, 0.4) is 0 Å². The molecule has 0 spiro atoms. The Morgan fingerprint density at radius 1 is 1.14 bits per heavy atom. The summed E-state index contributed by atoms with van der Waals surface area (Å²) in [6.45, 7) is 1.95. The molecule has 0 aromatic rings. The minimum Gasteiger partial charge on any atom is -0.462 e. The monoisotopic (exact) mass is 300 g/mol. The lowest BCUT2D eigenvalue weighted by Crippen LogP contribution is -2.20. The highest BCUT2D eigenvalue weighted by molar-refractivity contribution is 5.74. The van der Waals surface area contributed by atoms with Gasteiger partial charge in [-0.25, -0.2) is 0 Å². The number of carbonyl (C=O) groups is 1. The first kappa shape index (κ1) is 18.4. The maximum absolute atomic E-state index is 11.7. The zero-order valence-corrected chi connectivity index (χ0v) is 13.4. The highest BCUT2D eigenvalue weighted by Gasteiger charge is 2.34. The van der Waals surface area contributed by atoms with E-state index in [-0.39, 0.29) is 24.6 Å². The van der Waals surface area contributed by atoms with Gasteiger partial charge in [0.2, 0.25) is 0 Å². The summed E-state index contributed by atoms with van der Waals surface area (Å²) in [7, 11) is 0. The molecule has 0 radical (unpaired) electrons. The summed E-state index contributed by atoms with van der Waals surface area (Å²) in [4.78, 5) is 11.7. The Morgan fingerprint density at radius 3 is 2.38 bits per heavy atom. The van der Waals surface area contributed by atoms with E-state index < -0.39 is 6.10 Å². The summed E-state index contributed by atoms with van der Waals surface area (Å²) in [5, 5.41) is 18.2. The zero-order valence-electron chi connectivity index (χ0n) is 13.4. The molecule has 1 saturated heterocycles. The molecular formula is C17H32O4. The highest BCUT2D eigenvalue weighted by Crippen LogP contribution is 2.28. The number of carbonyl (C=O) groups excluding carboxylic acids is 1. The molecule has 1 aliphatic rings. The van der Waals surface area contributed by atoms with Gasteiger partial charge in [0.05, 0.1) is 18.6 Å². The van der Waals surface area contributed by atoms with Crippen LogP contribution in [0.15, 0.2) is 0 Å². The molecule has 124 valence electrons. The van der Waals surface area contributed by atoms with Crippen molar-refractivity contribution in [3.8, 4) is 0 Å². The number of aliphatic hydroxyl groups is 2. The van der Waals surface area contributed by atoms with Crippen LogP contribution in [0.25, 0.3) is 0 Å². The average Bonchev–Trinajstić information content (AvgIpc) is 2.82. The van der Waals surface area contributed by atoms with Crippen molar-refractivity contribution in [3.05, 3.63) is 0 Å². The highest BCUT2D eigenvalue weighted by atomic mass is 16.5. The van der Waals surface area contributed by atoms with Crippen molar-refractivity contribution in [1.82, 2.24) is 0 Å². The van der Waals surface area contributed by atoms with Crippen LogP contribution in [0.4, 0.5) is 0 Å². The summed E-state index contributed by atoms with van der Waals surface area (Å²) in [5.74, 6) is -0.432. The fraction of sp³-hybridized carbons (Fsp3) is 0.941. The second-order valence-corrected chi connectivity index (χ2v) is 6.33. The Balaban J connectivity index is 2.02. The van der Waals surface area contributed by atoms with Gasteiger partial charge in [0, 0.05) is 0 Å². The largest absolute Gasteiger partial charge is 0.462 e. The van der Waals surface area contributed by atoms with E-state index >= 15 is 0 Å². The minimum atomic E-state index is -0.801. The van der Waals surface area contributed by atoms with E-state index in [0.29, 0.717) is 12.8 Å². The van der Waals surface area contributed by atoms with E-state index in [1.807, 2.05) is 0 Å². The molecule has 4 nitrogen and oxygen atoms in total. The van der Waals surface area contributed by atoms with Crippen molar-refractivity contribution in [2.45, 2.75) is 89.8 Å². The predicted octanol–water partition coefficient (Wildman–Crippen LogP) is 3.19. The first-order chi connectivity index (χ1) is 10.2. The van der Waals surface area contributed by atoms with E-state index in [9.17, 15) is 9.90 Å². The molecule has 3 atom stereocenters. The molecule has 1 heterocycles. The van der Waals surface area contributed by atoms with Crippen molar-refractivity contribution >= 4 is 5.97 Å². The van der Waals surface area contributed by atoms with Crippen molar-refractivity contribution in [3.63, 3.8) is 0 Å². The number of cyclic esters (lactones) is 1. The molecule has 0 aromatic carbocycles. The normalized spacial score (nSPS) is 23.3. The lowest BCUT2D eigenvalue weighted by molar-refractivity contribution is -0.145. The van der Waals surface area contributed by atoms with Gasteiger partial charge in [-0.05, 0) is 25.7 Å². The Kier molecular flexibility index (Phi) is 9.68. The van der Waals surface area contributed by atoms with E-state index in [4.69, 9.17) is 9.84 Å². The fourth-order valence-corrected chi connectivity index (χ4v) is 3.00. The average molecular weight is 300 g/mol. The quantitative estimate of drug-likeness (QED) is 0.429. The first-order valence-corrected chi connectivity index (χ1v) is 8.66. The van der Waals surface area contributed by atoms with Crippen molar-refractivity contribution in [1.29, 1.82) is 0 Å². The summed E-state index contributed by atoms with van der Waals surface area (Å²) >= 11 is 0. The van der Waals surface area contributed by atoms with Crippen LogP contribution in [-0.2, 0) is 9.53 Å². The van der Waals surface area contributed by atoms with E-state index in [2.05, 4.69) is 6.92 Å². The third-order valence-electron chi connectivity index (χ3n) is 4.31. The molecule has 0 saturated carbocycles. The SMILES string of the molecule is CCCCCCCCCCC1CC(CC(O)CO)C(=O)O1. The molecule has 21 heavy (non-hydrogen) atoms. The number of unbranched alkanes of at least 4 members (excludes halogenated alkanes) is 7. The standard InChI is InChI=1S/C17H32O4/c1-2-3-4-5-6-7-8-9-10-16-12-14(17(20)21-16)11-15(19)13-18/h14-16,18-19H,2-13H2,1H3. The van der Waals surface area contributed by atoms with Gasteiger partial charge in [-0.15, -0.1) is 0 Å². The Bertz CT molecular complexity index is 280. The maximum atomic E-state index is 11.7. The molecule has 0 aliphatic carbocycles. The number of esters is 1. The lowest BCUT2D eigenvalue weighted by Gasteiger charge is -2.10. The van der Waals surface area contributed by atoms with Gasteiger partial charge in [0.25, 0.3) is 0 Å². The maximum Gasteiger partial charge on any atom is 0.309 e. The van der Waals surface area contributed by atoms with Gasteiger partial charge in [-0.1, -0.05) is 51.9 Å². The molecule has 1 rings (SSSR count). The summed E-state index contributed by atoms with van der Waals surface area (Å²) in [6.07, 6.45) is 11.4. The fourth-order valence-electron chi connectivity index (χ4n) is 3.00. The summed E-state index contributed by atoms with van der Waals surface area (Å²) < 4.78 is 5.35. The van der Waals surface area contributed by atoms with Crippen LogP contribution in [-0.4, -0.2) is 35.0 Å². The lowest BCUT2D eigenvalue weighted by atomic mass is 9.96. The molecule has 3 unspecified atom stereocenters. The van der Waals surface area contributed by atoms with Crippen LogP contribution < -0.4 is 0 Å². The molecule has 0 bridgehead atoms.